The van der Waals surface area contributed by atoms with Crippen LogP contribution in [0.3, 0.4) is 0 Å². The first-order valence-electron chi connectivity index (χ1n) is 6.36. The summed E-state index contributed by atoms with van der Waals surface area (Å²) in [6, 6.07) is 3.73. The van der Waals surface area contributed by atoms with Crippen molar-refractivity contribution >= 4 is 23.5 Å². The Labute approximate surface area is 122 Å². The predicted molar refractivity (Wildman–Crippen MR) is 78.6 cm³/mol. The van der Waals surface area contributed by atoms with Gasteiger partial charge in [-0.3, -0.25) is 4.79 Å². The third kappa shape index (κ3) is 3.57. The highest BCUT2D eigenvalue weighted by Gasteiger charge is 2.17. The molecule has 1 atom stereocenters. The smallest absolute Gasteiger partial charge is 0.238 e. The van der Waals surface area contributed by atoms with Gasteiger partial charge < -0.3 is 5.32 Å². The molecule has 2 aromatic rings. The second-order valence-corrected chi connectivity index (χ2v) is 5.84. The van der Waals surface area contributed by atoms with Gasteiger partial charge in [-0.2, -0.15) is 5.10 Å². The Hall–Kier alpha value is -1.89. The van der Waals surface area contributed by atoms with E-state index in [0.29, 0.717) is 11.0 Å². The highest BCUT2D eigenvalue weighted by Crippen LogP contribution is 2.20. The zero-order valence-corrected chi connectivity index (χ0v) is 12.5. The van der Waals surface area contributed by atoms with Gasteiger partial charge in [0, 0.05) is 24.5 Å². The molecule has 0 aliphatic rings. The molecule has 20 heavy (non-hydrogen) atoms. The zero-order valence-electron chi connectivity index (χ0n) is 11.6. The molecule has 0 aliphatic carbocycles. The van der Waals surface area contributed by atoms with Gasteiger partial charge in [0.2, 0.25) is 5.91 Å². The molecule has 0 aromatic carbocycles. The van der Waals surface area contributed by atoms with E-state index in [9.17, 15) is 4.79 Å². The largest absolute Gasteiger partial charge is 0.310 e. The maximum Gasteiger partial charge on any atom is 0.238 e. The number of anilines is 1. The SMILES string of the molecule is CC(Sc1ncccn1)C(=O)Nc1ccnn1C(C)C. The first-order chi connectivity index (χ1) is 9.58. The Morgan fingerprint density at radius 3 is 2.60 bits per heavy atom. The van der Waals surface area contributed by atoms with Crippen molar-refractivity contribution in [2.24, 2.45) is 0 Å². The van der Waals surface area contributed by atoms with Crippen LogP contribution in [0.4, 0.5) is 5.82 Å². The Kier molecular flexibility index (Phi) is 4.73. The van der Waals surface area contributed by atoms with Crippen LogP contribution in [-0.4, -0.2) is 30.9 Å². The Bertz CT molecular complexity index is 569. The summed E-state index contributed by atoms with van der Waals surface area (Å²) in [5.41, 5.74) is 0. The molecule has 6 nitrogen and oxygen atoms in total. The number of carbonyl (C=O) groups is 1. The van der Waals surface area contributed by atoms with E-state index in [2.05, 4.69) is 20.4 Å². The van der Waals surface area contributed by atoms with Gasteiger partial charge in [0.15, 0.2) is 5.16 Å². The van der Waals surface area contributed by atoms with Crippen molar-refractivity contribution in [1.82, 2.24) is 19.7 Å². The van der Waals surface area contributed by atoms with Crippen LogP contribution in [0.1, 0.15) is 26.8 Å². The zero-order chi connectivity index (χ0) is 14.5. The number of hydrogen-bond acceptors (Lipinski definition) is 5. The first kappa shape index (κ1) is 14.5. The van der Waals surface area contributed by atoms with E-state index in [4.69, 9.17) is 0 Å². The van der Waals surface area contributed by atoms with Crippen LogP contribution in [0, 0.1) is 0 Å². The molecule has 2 heterocycles. The van der Waals surface area contributed by atoms with Gasteiger partial charge in [-0.1, -0.05) is 11.8 Å². The molecule has 0 radical (unpaired) electrons. The van der Waals surface area contributed by atoms with Crippen LogP contribution >= 0.6 is 11.8 Å². The monoisotopic (exact) mass is 291 g/mol. The van der Waals surface area contributed by atoms with Crippen LogP contribution < -0.4 is 5.32 Å². The third-order valence-electron chi connectivity index (χ3n) is 2.60. The van der Waals surface area contributed by atoms with Crippen molar-refractivity contribution in [1.29, 1.82) is 0 Å². The van der Waals surface area contributed by atoms with Crippen LogP contribution in [0.2, 0.25) is 0 Å². The van der Waals surface area contributed by atoms with Crippen LogP contribution in [-0.2, 0) is 4.79 Å². The minimum atomic E-state index is -0.284. The number of nitrogens with zero attached hydrogens (tertiary/aromatic N) is 4. The van der Waals surface area contributed by atoms with Gasteiger partial charge in [-0.25, -0.2) is 14.6 Å². The maximum atomic E-state index is 12.2. The molecular formula is C13H17N5OS. The fraction of sp³-hybridized carbons (Fsp3) is 0.385. The highest BCUT2D eigenvalue weighted by atomic mass is 32.2. The number of nitrogens with one attached hydrogen (secondary N) is 1. The molecule has 0 fully saturated rings. The van der Waals surface area contributed by atoms with E-state index >= 15 is 0 Å². The lowest BCUT2D eigenvalue weighted by molar-refractivity contribution is -0.115. The Morgan fingerprint density at radius 1 is 1.25 bits per heavy atom. The maximum absolute atomic E-state index is 12.2. The van der Waals surface area contributed by atoms with Crippen molar-refractivity contribution < 1.29 is 4.79 Å². The molecule has 0 aliphatic heterocycles. The minimum absolute atomic E-state index is 0.0927. The minimum Gasteiger partial charge on any atom is -0.310 e. The average molecular weight is 291 g/mol. The van der Waals surface area contributed by atoms with Gasteiger partial charge >= 0.3 is 0 Å². The number of rotatable bonds is 5. The second-order valence-electron chi connectivity index (χ2n) is 4.54. The molecule has 1 N–H and O–H groups in total. The standard InChI is InChI=1S/C13H17N5OS/c1-9(2)18-11(5-8-16-18)17-12(19)10(3)20-13-14-6-4-7-15-13/h4-10H,1-3H3,(H,17,19). The number of amides is 1. The lowest BCUT2D eigenvalue weighted by Crippen LogP contribution is -2.24. The molecular weight excluding hydrogens is 274 g/mol. The van der Waals surface area contributed by atoms with E-state index in [1.54, 1.807) is 35.4 Å². The van der Waals surface area contributed by atoms with Gasteiger partial charge in [0.05, 0.1) is 11.4 Å². The topological polar surface area (TPSA) is 72.7 Å². The number of hydrogen-bond donors (Lipinski definition) is 1. The Balaban J connectivity index is 1.99. The second kappa shape index (κ2) is 6.51. The summed E-state index contributed by atoms with van der Waals surface area (Å²) in [4.78, 5) is 20.4. The summed E-state index contributed by atoms with van der Waals surface area (Å²) in [5.74, 6) is 0.608. The molecule has 0 spiro atoms. The first-order valence-corrected chi connectivity index (χ1v) is 7.24. The molecule has 1 unspecified atom stereocenters. The van der Waals surface area contributed by atoms with Gasteiger partial charge in [0.1, 0.15) is 5.82 Å². The van der Waals surface area contributed by atoms with Gasteiger partial charge in [-0.15, -0.1) is 0 Å². The highest BCUT2D eigenvalue weighted by molar-refractivity contribution is 8.00. The van der Waals surface area contributed by atoms with Crippen LogP contribution in [0.15, 0.2) is 35.9 Å². The van der Waals surface area contributed by atoms with E-state index in [-0.39, 0.29) is 17.2 Å². The Morgan fingerprint density at radius 2 is 1.95 bits per heavy atom. The quantitative estimate of drug-likeness (QED) is 0.676. The van der Waals surface area contributed by atoms with Crippen molar-refractivity contribution in [3.8, 4) is 0 Å². The summed E-state index contributed by atoms with van der Waals surface area (Å²) in [6.07, 6.45) is 5.00. The van der Waals surface area contributed by atoms with E-state index in [1.165, 1.54) is 11.8 Å². The van der Waals surface area contributed by atoms with Crippen molar-refractivity contribution in [3.63, 3.8) is 0 Å². The fourth-order valence-corrected chi connectivity index (χ4v) is 2.34. The molecule has 0 saturated carbocycles. The third-order valence-corrected chi connectivity index (χ3v) is 3.59. The van der Waals surface area contributed by atoms with Crippen molar-refractivity contribution in [3.05, 3.63) is 30.7 Å². The summed E-state index contributed by atoms with van der Waals surface area (Å²) < 4.78 is 1.77. The van der Waals surface area contributed by atoms with Crippen molar-refractivity contribution in [2.75, 3.05) is 5.32 Å². The summed E-state index contributed by atoms with van der Waals surface area (Å²) >= 11 is 1.32. The summed E-state index contributed by atoms with van der Waals surface area (Å²) in [6.45, 7) is 5.85. The van der Waals surface area contributed by atoms with Crippen LogP contribution in [0.5, 0.6) is 0 Å². The lowest BCUT2D eigenvalue weighted by atomic mass is 10.4. The molecule has 7 heteroatoms. The molecule has 0 bridgehead atoms. The number of carbonyl (C=O) groups excluding carboxylic acids is 1. The number of aromatic nitrogens is 4. The van der Waals surface area contributed by atoms with Crippen LogP contribution in [0.25, 0.3) is 0 Å². The number of thioether (sulfide) groups is 1. The molecule has 2 aromatic heterocycles. The lowest BCUT2D eigenvalue weighted by Gasteiger charge is -2.14. The van der Waals surface area contributed by atoms with E-state index in [1.807, 2.05) is 20.8 Å². The molecule has 2 rings (SSSR count). The average Bonchev–Trinajstić information content (AvgIpc) is 2.88. The molecule has 106 valence electrons. The van der Waals surface area contributed by atoms with E-state index < -0.39 is 0 Å². The molecule has 1 amide bonds. The summed E-state index contributed by atoms with van der Waals surface area (Å²) in [5, 5.41) is 7.37. The normalized spacial score (nSPS) is 12.4. The fourth-order valence-electron chi connectivity index (χ4n) is 1.61. The van der Waals surface area contributed by atoms with Crippen molar-refractivity contribution in [2.45, 2.75) is 37.2 Å². The predicted octanol–water partition coefficient (Wildman–Crippen LogP) is 2.37. The van der Waals surface area contributed by atoms with E-state index in [0.717, 1.165) is 0 Å². The molecule has 0 saturated heterocycles. The van der Waals surface area contributed by atoms with Gasteiger partial charge in [-0.05, 0) is 26.8 Å². The van der Waals surface area contributed by atoms with Gasteiger partial charge in [0.25, 0.3) is 0 Å². The summed E-state index contributed by atoms with van der Waals surface area (Å²) in [7, 11) is 0.